The molecule has 0 aliphatic heterocycles. The van der Waals surface area contributed by atoms with E-state index in [4.69, 9.17) is 0 Å². The van der Waals surface area contributed by atoms with Crippen molar-refractivity contribution in [3.8, 4) is 22.3 Å². The van der Waals surface area contributed by atoms with E-state index in [9.17, 15) is 9.59 Å². The van der Waals surface area contributed by atoms with Crippen LogP contribution in [0.4, 0.5) is 11.4 Å². The molecule has 0 saturated heterocycles. The number of rotatable bonds is 21. The summed E-state index contributed by atoms with van der Waals surface area (Å²) in [5.74, 6) is 0. The molecule has 0 amide bonds. The van der Waals surface area contributed by atoms with Crippen LogP contribution in [-0.2, 0) is 6.42 Å². The van der Waals surface area contributed by atoms with Gasteiger partial charge in [0.05, 0.1) is 11.4 Å². The Morgan fingerprint density at radius 1 is 0.423 bits per heavy atom. The standard InChI is InChI=1S/C48H60N2O2/c1-4-7-10-11-12-13-14-15-20-40-41-23-18-21-38(36-25-29-45(47(51)31-27-36)49-33-16-8-5-2)43(41)35-44-39(22-19-24-42(40)44)37-26-30-46(48(52)32-28-37)50-34-17-9-6-3/h18-19,21-32,35H,4-17,20,33-34H2,1-3H3,(H,49,51)(H,50,52). The van der Waals surface area contributed by atoms with E-state index in [0.717, 1.165) is 86.7 Å². The average molecular weight is 697 g/mol. The number of aryl methyl sites for hydroxylation is 1. The SMILES string of the molecule is CCCCCCCCCCc1c2cccc(-c3ccc(NCCCCC)c(=O)cc3)c2cc2c(-c3ccc(NCCCCC)c(=O)cc3)cccc12. The predicted octanol–water partition coefficient (Wildman–Crippen LogP) is 12.9. The molecule has 0 spiro atoms. The van der Waals surface area contributed by atoms with Gasteiger partial charge in [-0.25, -0.2) is 0 Å². The van der Waals surface area contributed by atoms with Crippen molar-refractivity contribution >= 4 is 32.9 Å². The van der Waals surface area contributed by atoms with Gasteiger partial charge in [0.15, 0.2) is 0 Å². The van der Waals surface area contributed by atoms with Gasteiger partial charge in [-0.2, -0.15) is 0 Å². The molecule has 0 unspecified atom stereocenters. The van der Waals surface area contributed by atoms with Gasteiger partial charge in [-0.05, 0) is 105 Å². The quantitative estimate of drug-likeness (QED) is 0.0592. The minimum Gasteiger partial charge on any atom is -0.382 e. The highest BCUT2D eigenvalue weighted by Crippen LogP contribution is 2.39. The summed E-state index contributed by atoms with van der Waals surface area (Å²) < 4.78 is 0. The molecule has 274 valence electrons. The van der Waals surface area contributed by atoms with Gasteiger partial charge in [-0.1, -0.05) is 152 Å². The van der Waals surface area contributed by atoms with Crippen LogP contribution < -0.4 is 21.5 Å². The first-order valence-corrected chi connectivity index (χ1v) is 20.3. The lowest BCUT2D eigenvalue weighted by Crippen LogP contribution is -2.09. The second-order valence-corrected chi connectivity index (χ2v) is 14.4. The molecule has 0 heterocycles. The van der Waals surface area contributed by atoms with E-state index >= 15 is 0 Å². The molecule has 5 aromatic rings. The normalized spacial score (nSPS) is 11.3. The number of unbranched alkanes of at least 4 members (excludes halogenated alkanes) is 11. The minimum atomic E-state index is 0.0139. The van der Waals surface area contributed by atoms with Gasteiger partial charge in [0.1, 0.15) is 0 Å². The lowest BCUT2D eigenvalue weighted by atomic mass is 9.87. The highest BCUT2D eigenvalue weighted by atomic mass is 16.1. The van der Waals surface area contributed by atoms with Crippen molar-refractivity contribution in [2.45, 2.75) is 117 Å². The second kappa shape index (κ2) is 20.6. The highest BCUT2D eigenvalue weighted by Gasteiger charge is 2.15. The van der Waals surface area contributed by atoms with E-state index < -0.39 is 0 Å². The summed E-state index contributed by atoms with van der Waals surface area (Å²) in [4.78, 5) is 26.2. The Kier molecular flexibility index (Phi) is 15.3. The fraction of sp³-hybridized carbons (Fsp3) is 0.417. The maximum absolute atomic E-state index is 13.1. The van der Waals surface area contributed by atoms with Crippen molar-refractivity contribution in [3.05, 3.63) is 117 Å². The van der Waals surface area contributed by atoms with Crippen LogP contribution in [-0.4, -0.2) is 13.1 Å². The topological polar surface area (TPSA) is 58.2 Å². The molecule has 52 heavy (non-hydrogen) atoms. The second-order valence-electron chi connectivity index (χ2n) is 14.4. The third kappa shape index (κ3) is 10.3. The fourth-order valence-corrected chi connectivity index (χ4v) is 7.45. The van der Waals surface area contributed by atoms with Crippen molar-refractivity contribution in [2.24, 2.45) is 0 Å². The first-order valence-electron chi connectivity index (χ1n) is 20.3. The summed E-state index contributed by atoms with van der Waals surface area (Å²) in [7, 11) is 0. The molecule has 5 aromatic carbocycles. The van der Waals surface area contributed by atoms with E-state index in [-0.39, 0.29) is 10.9 Å². The molecule has 0 bridgehead atoms. The van der Waals surface area contributed by atoms with Crippen LogP contribution in [0.25, 0.3) is 43.8 Å². The number of hydrogen-bond acceptors (Lipinski definition) is 4. The van der Waals surface area contributed by atoms with Crippen LogP contribution in [0, 0.1) is 0 Å². The summed E-state index contributed by atoms with van der Waals surface area (Å²) in [6, 6.07) is 31.1. The molecule has 4 nitrogen and oxygen atoms in total. The highest BCUT2D eigenvalue weighted by molar-refractivity contribution is 6.11. The number of fused-ring (bicyclic) bond motifs is 2. The molecule has 4 heteroatoms. The smallest absolute Gasteiger partial charge is 0.201 e. The Bertz CT molecular complexity index is 1890. The van der Waals surface area contributed by atoms with E-state index in [0.29, 0.717) is 11.4 Å². The third-order valence-corrected chi connectivity index (χ3v) is 10.5. The lowest BCUT2D eigenvalue weighted by Gasteiger charge is -2.17. The van der Waals surface area contributed by atoms with Crippen molar-refractivity contribution in [1.82, 2.24) is 0 Å². The third-order valence-electron chi connectivity index (χ3n) is 10.5. The maximum Gasteiger partial charge on any atom is 0.201 e. The molecule has 0 atom stereocenters. The summed E-state index contributed by atoms with van der Waals surface area (Å²) in [5.41, 5.74) is 7.02. The molecule has 5 rings (SSSR count). The van der Waals surface area contributed by atoms with Gasteiger partial charge in [0, 0.05) is 13.1 Å². The van der Waals surface area contributed by atoms with Gasteiger partial charge < -0.3 is 10.6 Å². The minimum absolute atomic E-state index is 0.0139. The first-order chi connectivity index (χ1) is 25.5. The molecule has 0 aliphatic carbocycles. The summed E-state index contributed by atoms with van der Waals surface area (Å²) in [6.45, 7) is 8.26. The Labute approximate surface area is 312 Å². The van der Waals surface area contributed by atoms with Crippen molar-refractivity contribution in [3.63, 3.8) is 0 Å². The Morgan fingerprint density at radius 2 is 0.846 bits per heavy atom. The van der Waals surface area contributed by atoms with Gasteiger partial charge in [-0.3, -0.25) is 9.59 Å². The summed E-state index contributed by atoms with van der Waals surface area (Å²) in [6.07, 6.45) is 18.0. The van der Waals surface area contributed by atoms with Crippen molar-refractivity contribution < 1.29 is 0 Å². The van der Waals surface area contributed by atoms with Gasteiger partial charge in [0.25, 0.3) is 0 Å². The van der Waals surface area contributed by atoms with Gasteiger partial charge >= 0.3 is 0 Å². The number of benzene rings is 3. The predicted molar refractivity (Wildman–Crippen MR) is 227 cm³/mol. The molecule has 0 radical (unpaired) electrons. The molecule has 0 saturated carbocycles. The average Bonchev–Trinajstić information content (AvgIpc) is 3.46. The van der Waals surface area contributed by atoms with E-state index in [2.05, 4.69) is 86.0 Å². The molecule has 0 fully saturated rings. The zero-order valence-corrected chi connectivity index (χ0v) is 32.0. The first kappa shape index (κ1) is 38.8. The summed E-state index contributed by atoms with van der Waals surface area (Å²) >= 11 is 0. The maximum atomic E-state index is 13.1. The van der Waals surface area contributed by atoms with Crippen LogP contribution in [0.3, 0.4) is 0 Å². The Morgan fingerprint density at radius 3 is 1.33 bits per heavy atom. The van der Waals surface area contributed by atoms with E-state index in [1.807, 2.05) is 24.3 Å². The monoisotopic (exact) mass is 696 g/mol. The van der Waals surface area contributed by atoms with Crippen LogP contribution in [0.1, 0.15) is 116 Å². The van der Waals surface area contributed by atoms with Gasteiger partial charge in [0.2, 0.25) is 10.9 Å². The number of nitrogens with one attached hydrogen (secondary N) is 2. The zero-order chi connectivity index (χ0) is 36.5. The molecular formula is C48H60N2O2. The fourth-order valence-electron chi connectivity index (χ4n) is 7.45. The van der Waals surface area contributed by atoms with E-state index in [1.54, 1.807) is 12.1 Å². The van der Waals surface area contributed by atoms with E-state index in [1.165, 1.54) is 72.1 Å². The largest absolute Gasteiger partial charge is 0.382 e. The number of anilines is 2. The van der Waals surface area contributed by atoms with Crippen LogP contribution in [0.5, 0.6) is 0 Å². The molecular weight excluding hydrogens is 637 g/mol. The lowest BCUT2D eigenvalue weighted by molar-refractivity contribution is 0.576. The van der Waals surface area contributed by atoms with Crippen LogP contribution >= 0.6 is 0 Å². The molecule has 0 aromatic heterocycles. The molecule has 0 aliphatic rings. The van der Waals surface area contributed by atoms with Crippen LogP contribution in [0.2, 0.25) is 0 Å². The van der Waals surface area contributed by atoms with Gasteiger partial charge in [-0.15, -0.1) is 0 Å². The van der Waals surface area contributed by atoms with Crippen molar-refractivity contribution in [2.75, 3.05) is 23.7 Å². The van der Waals surface area contributed by atoms with Crippen molar-refractivity contribution in [1.29, 1.82) is 0 Å². The number of hydrogen-bond donors (Lipinski definition) is 2. The summed E-state index contributed by atoms with van der Waals surface area (Å²) in [5, 5.41) is 11.7. The molecule has 2 N–H and O–H groups in total. The van der Waals surface area contributed by atoms with Crippen LogP contribution in [0.15, 0.2) is 101 Å². The Hall–Kier alpha value is -4.44. The zero-order valence-electron chi connectivity index (χ0n) is 32.0. The Balaban J connectivity index is 1.58.